The highest BCUT2D eigenvalue weighted by Crippen LogP contribution is 2.67. The molecule has 3 fully saturated rings. The molecule has 0 radical (unpaired) electrons. The Morgan fingerprint density at radius 2 is 1.69 bits per heavy atom. The van der Waals surface area contributed by atoms with Gasteiger partial charge in [-0.1, -0.05) is 59.3 Å². The Kier molecular flexibility index (Phi) is 5.67. The van der Waals surface area contributed by atoms with E-state index in [1.165, 1.54) is 44.1 Å². The fourth-order valence-corrected chi connectivity index (χ4v) is 8.17. The lowest BCUT2D eigenvalue weighted by Crippen LogP contribution is -2.50. The first-order chi connectivity index (χ1) is 13.7. The van der Waals surface area contributed by atoms with Crippen LogP contribution in [0.2, 0.25) is 0 Å². The maximum atomic E-state index is 12.0. The van der Waals surface area contributed by atoms with Crippen LogP contribution in [-0.4, -0.2) is 5.78 Å². The van der Waals surface area contributed by atoms with Crippen molar-refractivity contribution in [2.24, 2.45) is 52.3 Å². The number of ketones is 1. The van der Waals surface area contributed by atoms with E-state index >= 15 is 0 Å². The summed E-state index contributed by atoms with van der Waals surface area (Å²) in [5, 5.41) is 0. The molecule has 0 bridgehead atoms. The molecule has 3 saturated carbocycles. The molecule has 4 aliphatic rings. The molecule has 0 saturated heterocycles. The number of hydrogen-bond acceptors (Lipinski definition) is 1. The first-order valence-corrected chi connectivity index (χ1v) is 12.6. The molecule has 0 aromatic rings. The van der Waals surface area contributed by atoms with Gasteiger partial charge in [-0.25, -0.2) is 0 Å². The largest absolute Gasteiger partial charge is 0.295 e. The molecule has 162 valence electrons. The van der Waals surface area contributed by atoms with Gasteiger partial charge in [0.15, 0.2) is 5.78 Å². The van der Waals surface area contributed by atoms with Crippen LogP contribution in [0.25, 0.3) is 0 Å². The number of hydrogen-bond donors (Lipinski definition) is 0. The minimum Gasteiger partial charge on any atom is -0.295 e. The van der Waals surface area contributed by atoms with Gasteiger partial charge in [0.25, 0.3) is 0 Å². The van der Waals surface area contributed by atoms with Crippen LogP contribution in [0, 0.1) is 52.3 Å². The van der Waals surface area contributed by atoms with Crippen LogP contribution in [0.3, 0.4) is 0 Å². The van der Waals surface area contributed by atoms with Crippen LogP contribution in [0.5, 0.6) is 0 Å². The molecule has 0 aromatic carbocycles. The van der Waals surface area contributed by atoms with E-state index in [0.29, 0.717) is 28.4 Å². The van der Waals surface area contributed by atoms with Crippen molar-refractivity contribution in [1.29, 1.82) is 0 Å². The van der Waals surface area contributed by atoms with Gasteiger partial charge in [-0.3, -0.25) is 4.79 Å². The fraction of sp³-hybridized carbons (Fsp3) is 0.821. The zero-order valence-electron chi connectivity index (χ0n) is 19.8. The van der Waals surface area contributed by atoms with Gasteiger partial charge in [0.1, 0.15) is 0 Å². The highest BCUT2D eigenvalue weighted by Gasteiger charge is 2.59. The summed E-state index contributed by atoms with van der Waals surface area (Å²) < 4.78 is 0. The second-order valence-electron chi connectivity index (χ2n) is 12.0. The number of carbonyl (C=O) groups is 1. The molecule has 0 unspecified atom stereocenters. The minimum absolute atomic E-state index is 0.314. The Bertz CT molecular complexity index is 699. The molecule has 8 atom stereocenters. The maximum absolute atomic E-state index is 12.0. The van der Waals surface area contributed by atoms with E-state index in [9.17, 15) is 4.79 Å². The zero-order chi connectivity index (χ0) is 21.0. The van der Waals surface area contributed by atoms with Crippen molar-refractivity contribution in [3.8, 4) is 0 Å². The number of rotatable bonds is 4. The van der Waals surface area contributed by atoms with E-state index < -0.39 is 0 Å². The van der Waals surface area contributed by atoms with Crippen molar-refractivity contribution < 1.29 is 4.79 Å². The lowest BCUT2D eigenvalue weighted by atomic mass is 9.46. The zero-order valence-corrected chi connectivity index (χ0v) is 19.8. The quantitative estimate of drug-likeness (QED) is 0.447. The molecule has 4 rings (SSSR count). The van der Waals surface area contributed by atoms with Crippen LogP contribution in [0.1, 0.15) is 92.9 Å². The van der Waals surface area contributed by atoms with Gasteiger partial charge >= 0.3 is 0 Å². The number of carbonyl (C=O) groups excluding carboxylic acids is 1. The molecule has 0 spiro atoms. The third-order valence-corrected chi connectivity index (χ3v) is 10.4. The summed E-state index contributed by atoms with van der Waals surface area (Å²) in [6.07, 6.45) is 17.2. The van der Waals surface area contributed by atoms with Crippen molar-refractivity contribution in [3.05, 3.63) is 23.8 Å². The van der Waals surface area contributed by atoms with Crippen molar-refractivity contribution >= 4 is 5.78 Å². The molecular weight excluding hydrogens is 352 g/mol. The van der Waals surface area contributed by atoms with Crippen LogP contribution >= 0.6 is 0 Å². The van der Waals surface area contributed by atoms with Gasteiger partial charge in [-0.2, -0.15) is 0 Å². The molecule has 0 heterocycles. The molecule has 4 aliphatic carbocycles. The van der Waals surface area contributed by atoms with Gasteiger partial charge in [-0.05, 0) is 103 Å². The van der Waals surface area contributed by atoms with E-state index in [2.05, 4.69) is 53.7 Å². The first kappa shape index (κ1) is 21.4. The topological polar surface area (TPSA) is 17.1 Å². The van der Waals surface area contributed by atoms with E-state index in [4.69, 9.17) is 0 Å². The first-order valence-electron chi connectivity index (χ1n) is 12.6. The predicted octanol–water partition coefficient (Wildman–Crippen LogP) is 7.62. The smallest absolute Gasteiger partial charge is 0.155 e. The van der Waals surface area contributed by atoms with E-state index in [1.54, 1.807) is 0 Å². The molecule has 1 nitrogen and oxygen atoms in total. The lowest BCUT2D eigenvalue weighted by molar-refractivity contribution is -0.117. The Morgan fingerprint density at radius 3 is 2.41 bits per heavy atom. The molecule has 1 heteroatoms. The lowest BCUT2D eigenvalue weighted by Gasteiger charge is -2.58. The molecule has 0 aromatic heterocycles. The Labute approximate surface area is 179 Å². The summed E-state index contributed by atoms with van der Waals surface area (Å²) in [6.45, 7) is 14.7. The second kappa shape index (κ2) is 7.69. The number of allylic oxidation sites excluding steroid dienone is 3. The van der Waals surface area contributed by atoms with Gasteiger partial charge in [0, 0.05) is 6.42 Å². The van der Waals surface area contributed by atoms with Crippen molar-refractivity contribution in [2.75, 3.05) is 0 Å². The van der Waals surface area contributed by atoms with Crippen LogP contribution < -0.4 is 0 Å². The summed E-state index contributed by atoms with van der Waals surface area (Å²) in [5.74, 6) is 5.95. The second-order valence-corrected chi connectivity index (χ2v) is 12.0. The monoisotopic (exact) mass is 396 g/mol. The summed E-state index contributed by atoms with van der Waals surface area (Å²) in [7, 11) is 0. The van der Waals surface area contributed by atoms with Gasteiger partial charge in [0.2, 0.25) is 0 Å². The highest BCUT2D eigenvalue weighted by molar-refractivity contribution is 5.91. The Balaban J connectivity index is 1.53. The third kappa shape index (κ3) is 3.49. The summed E-state index contributed by atoms with van der Waals surface area (Å²) in [4.78, 5) is 12.0. The molecule has 29 heavy (non-hydrogen) atoms. The van der Waals surface area contributed by atoms with Crippen molar-refractivity contribution in [2.45, 2.75) is 92.9 Å². The SMILES string of the molecule is CC(C)[C@H](C)/C=C/[C@@H](C)[C@H]1CC[C@@H]2[C@@H]3CCC4=CC(=O)CC[C@]4(C)[C@H]3CC[C@@]21C. The van der Waals surface area contributed by atoms with Crippen molar-refractivity contribution in [1.82, 2.24) is 0 Å². The normalized spacial score (nSPS) is 44.2. The van der Waals surface area contributed by atoms with E-state index in [-0.39, 0.29) is 0 Å². The predicted molar refractivity (Wildman–Crippen MR) is 123 cm³/mol. The average Bonchev–Trinajstić information content (AvgIpc) is 3.03. The summed E-state index contributed by atoms with van der Waals surface area (Å²) in [5.41, 5.74) is 2.34. The summed E-state index contributed by atoms with van der Waals surface area (Å²) >= 11 is 0. The average molecular weight is 397 g/mol. The Morgan fingerprint density at radius 1 is 0.931 bits per heavy atom. The van der Waals surface area contributed by atoms with Crippen LogP contribution in [0.4, 0.5) is 0 Å². The van der Waals surface area contributed by atoms with Gasteiger partial charge in [0.05, 0.1) is 0 Å². The third-order valence-electron chi connectivity index (χ3n) is 10.4. The highest BCUT2D eigenvalue weighted by atomic mass is 16.1. The van der Waals surface area contributed by atoms with E-state index in [0.717, 1.165) is 42.4 Å². The molecular formula is C28H44O. The molecule has 0 amide bonds. The van der Waals surface area contributed by atoms with Crippen molar-refractivity contribution in [3.63, 3.8) is 0 Å². The number of fused-ring (bicyclic) bond motifs is 5. The van der Waals surface area contributed by atoms with E-state index in [1.807, 2.05) is 6.08 Å². The Hall–Kier alpha value is -0.850. The van der Waals surface area contributed by atoms with Gasteiger partial charge < -0.3 is 0 Å². The standard InChI is InChI=1S/C28H44O/c1-18(2)19(3)7-8-20(4)24-11-12-25-23-10-9-21-17-22(29)13-15-27(21,5)26(23)14-16-28(24,25)6/h7-8,17-20,23-26H,9-16H2,1-6H3/b8-7+/t19-,20-,23+,24-,25-,26+,27+,28-/m1/s1. The van der Waals surface area contributed by atoms with Gasteiger partial charge in [-0.15, -0.1) is 0 Å². The maximum Gasteiger partial charge on any atom is 0.155 e. The van der Waals surface area contributed by atoms with Crippen LogP contribution in [0.15, 0.2) is 23.8 Å². The minimum atomic E-state index is 0.314. The molecule has 0 N–H and O–H groups in total. The summed E-state index contributed by atoms with van der Waals surface area (Å²) in [6, 6.07) is 0. The van der Waals surface area contributed by atoms with Crippen LogP contribution in [-0.2, 0) is 4.79 Å². The fourth-order valence-electron chi connectivity index (χ4n) is 8.17. The molecule has 0 aliphatic heterocycles.